The summed E-state index contributed by atoms with van der Waals surface area (Å²) in [6, 6.07) is -0.651. The molecule has 0 bridgehead atoms. The summed E-state index contributed by atoms with van der Waals surface area (Å²) < 4.78 is 0. The van der Waals surface area contributed by atoms with Gasteiger partial charge in [0.15, 0.2) is 0 Å². The Morgan fingerprint density at radius 2 is 2.10 bits per heavy atom. The smallest absolute Gasteiger partial charge is 0.249 e. The van der Waals surface area contributed by atoms with Gasteiger partial charge in [-0.3, -0.25) is 9.59 Å². The van der Waals surface area contributed by atoms with Gasteiger partial charge in [-0.05, 0) is 13.8 Å². The summed E-state index contributed by atoms with van der Waals surface area (Å²) >= 11 is 0. The topological polar surface area (TPSA) is 66.4 Å². The molecule has 2 atom stereocenters. The van der Waals surface area contributed by atoms with Crippen LogP contribution >= 0.6 is 0 Å². The minimum absolute atomic E-state index is 0.559. The molecule has 0 saturated carbocycles. The van der Waals surface area contributed by atoms with Crippen LogP contribution in [0.25, 0.3) is 0 Å². The van der Waals surface area contributed by atoms with Crippen molar-refractivity contribution < 1.29 is 14.7 Å². The van der Waals surface area contributed by atoms with Crippen molar-refractivity contribution in [1.29, 1.82) is 0 Å². The molecular weight excluding hydrogens is 134 g/mol. The second-order valence-electron chi connectivity index (χ2n) is 2.02. The van der Waals surface area contributed by atoms with E-state index in [1.165, 1.54) is 13.8 Å². The van der Waals surface area contributed by atoms with Gasteiger partial charge in [0.05, 0.1) is 6.04 Å². The highest BCUT2D eigenvalue weighted by molar-refractivity contribution is 5.82. The fourth-order valence-electron chi connectivity index (χ4n) is 0.363. The van der Waals surface area contributed by atoms with E-state index in [9.17, 15) is 9.59 Å². The number of aliphatic hydroxyl groups excluding tert-OH is 1. The summed E-state index contributed by atoms with van der Waals surface area (Å²) in [4.78, 5) is 20.4. The van der Waals surface area contributed by atoms with Crippen molar-refractivity contribution in [2.24, 2.45) is 0 Å². The molecule has 0 rings (SSSR count). The maximum absolute atomic E-state index is 10.6. The SMILES string of the molecule is CC([C]=O)NC(=O)C(C)O. The Balaban J connectivity index is 3.68. The molecule has 0 aliphatic rings. The molecule has 0 fully saturated rings. The number of carbonyl (C=O) groups is 1. The zero-order valence-electron chi connectivity index (χ0n) is 5.92. The van der Waals surface area contributed by atoms with E-state index in [0.717, 1.165) is 0 Å². The van der Waals surface area contributed by atoms with Gasteiger partial charge in [0.1, 0.15) is 6.10 Å². The molecule has 2 N–H and O–H groups in total. The summed E-state index contributed by atoms with van der Waals surface area (Å²) in [5, 5.41) is 10.8. The predicted octanol–water partition coefficient (Wildman–Crippen LogP) is -1.02. The number of rotatable bonds is 3. The molecule has 0 spiro atoms. The van der Waals surface area contributed by atoms with Crippen molar-refractivity contribution in [2.45, 2.75) is 26.0 Å². The molecule has 0 aromatic rings. The van der Waals surface area contributed by atoms with E-state index in [1.807, 2.05) is 0 Å². The summed E-state index contributed by atoms with van der Waals surface area (Å²) in [5.41, 5.74) is 0. The number of hydrogen-bond donors (Lipinski definition) is 2. The Hall–Kier alpha value is -0.900. The molecule has 4 heteroatoms. The lowest BCUT2D eigenvalue weighted by Gasteiger charge is -2.07. The molecule has 1 amide bonds. The molecule has 0 saturated heterocycles. The third-order valence-corrected chi connectivity index (χ3v) is 0.915. The standard InChI is InChI=1S/C6H10NO3/c1-4(3-8)7-6(10)5(2)9/h4-5,9H,1-2H3,(H,7,10). The van der Waals surface area contributed by atoms with Gasteiger partial charge >= 0.3 is 0 Å². The Bertz CT molecular complexity index is 133. The summed E-state index contributed by atoms with van der Waals surface area (Å²) in [6.45, 7) is 2.81. The van der Waals surface area contributed by atoms with E-state index < -0.39 is 18.1 Å². The maximum atomic E-state index is 10.6. The van der Waals surface area contributed by atoms with E-state index in [0.29, 0.717) is 0 Å². The Morgan fingerprint density at radius 3 is 2.40 bits per heavy atom. The van der Waals surface area contributed by atoms with Crippen LogP contribution < -0.4 is 5.32 Å². The van der Waals surface area contributed by atoms with E-state index in [1.54, 1.807) is 6.29 Å². The number of amides is 1. The highest BCUT2D eigenvalue weighted by Gasteiger charge is 2.10. The lowest BCUT2D eigenvalue weighted by Crippen LogP contribution is -2.39. The van der Waals surface area contributed by atoms with Crippen LogP contribution in [0, 0.1) is 0 Å². The van der Waals surface area contributed by atoms with Gasteiger partial charge in [0.2, 0.25) is 12.2 Å². The number of aliphatic hydroxyl groups is 1. The maximum Gasteiger partial charge on any atom is 0.249 e. The van der Waals surface area contributed by atoms with Crippen molar-refractivity contribution >= 4 is 12.2 Å². The quantitative estimate of drug-likeness (QED) is 0.533. The molecule has 0 aromatic carbocycles. The molecule has 2 unspecified atom stereocenters. The van der Waals surface area contributed by atoms with Gasteiger partial charge in [0.25, 0.3) is 0 Å². The average molecular weight is 144 g/mol. The first-order chi connectivity index (χ1) is 4.57. The van der Waals surface area contributed by atoms with Crippen molar-refractivity contribution in [1.82, 2.24) is 5.32 Å². The van der Waals surface area contributed by atoms with E-state index in [4.69, 9.17) is 5.11 Å². The predicted molar refractivity (Wildman–Crippen MR) is 35.0 cm³/mol. The molecule has 4 nitrogen and oxygen atoms in total. The second-order valence-corrected chi connectivity index (χ2v) is 2.02. The zero-order chi connectivity index (χ0) is 8.15. The van der Waals surface area contributed by atoms with Gasteiger partial charge in [-0.2, -0.15) is 0 Å². The van der Waals surface area contributed by atoms with Crippen LogP contribution in [0.1, 0.15) is 13.8 Å². The van der Waals surface area contributed by atoms with Gasteiger partial charge < -0.3 is 10.4 Å². The van der Waals surface area contributed by atoms with Crippen molar-refractivity contribution in [2.75, 3.05) is 0 Å². The van der Waals surface area contributed by atoms with Crippen LogP contribution in [0.15, 0.2) is 0 Å². The number of hydrogen-bond acceptors (Lipinski definition) is 3. The molecule has 57 valence electrons. The van der Waals surface area contributed by atoms with Gasteiger partial charge in [0, 0.05) is 0 Å². The van der Waals surface area contributed by atoms with Crippen molar-refractivity contribution in [3.05, 3.63) is 0 Å². The number of carbonyl (C=O) groups excluding carboxylic acids is 2. The number of nitrogens with one attached hydrogen (secondary N) is 1. The first-order valence-electron chi connectivity index (χ1n) is 2.94. The monoisotopic (exact) mass is 144 g/mol. The zero-order valence-corrected chi connectivity index (χ0v) is 5.92. The van der Waals surface area contributed by atoms with Crippen LogP contribution in [0.3, 0.4) is 0 Å². The average Bonchev–Trinajstić information content (AvgIpc) is 1.87. The van der Waals surface area contributed by atoms with Crippen LogP contribution in [0.2, 0.25) is 0 Å². The first kappa shape index (κ1) is 9.10. The summed E-state index contributed by atoms with van der Waals surface area (Å²) in [7, 11) is 0. The highest BCUT2D eigenvalue weighted by atomic mass is 16.3. The largest absolute Gasteiger partial charge is 0.384 e. The third-order valence-electron chi connectivity index (χ3n) is 0.915. The highest BCUT2D eigenvalue weighted by Crippen LogP contribution is 1.81. The lowest BCUT2D eigenvalue weighted by atomic mass is 10.3. The Kier molecular flexibility index (Phi) is 3.64. The normalized spacial score (nSPS) is 15.5. The van der Waals surface area contributed by atoms with E-state index in [-0.39, 0.29) is 0 Å². The summed E-state index contributed by atoms with van der Waals surface area (Å²) in [5.74, 6) is -0.559. The van der Waals surface area contributed by atoms with E-state index >= 15 is 0 Å². The van der Waals surface area contributed by atoms with Gasteiger partial charge in [-0.15, -0.1) is 0 Å². The van der Waals surface area contributed by atoms with Crippen LogP contribution in [-0.4, -0.2) is 29.4 Å². The fraction of sp³-hybridized carbons (Fsp3) is 0.667. The molecule has 10 heavy (non-hydrogen) atoms. The fourth-order valence-corrected chi connectivity index (χ4v) is 0.363. The van der Waals surface area contributed by atoms with Crippen molar-refractivity contribution in [3.8, 4) is 0 Å². The van der Waals surface area contributed by atoms with Gasteiger partial charge in [-0.1, -0.05) is 0 Å². The minimum Gasteiger partial charge on any atom is -0.384 e. The molecule has 0 aromatic heterocycles. The molecule has 0 aliphatic heterocycles. The van der Waals surface area contributed by atoms with Crippen LogP contribution in [0.4, 0.5) is 0 Å². The molecule has 1 radical (unpaired) electrons. The Labute approximate surface area is 59.2 Å². The molecule has 0 aliphatic carbocycles. The summed E-state index contributed by atoms with van der Waals surface area (Å²) in [6.07, 6.45) is 0.484. The minimum atomic E-state index is -1.07. The van der Waals surface area contributed by atoms with E-state index in [2.05, 4.69) is 5.32 Å². The second kappa shape index (κ2) is 4.00. The first-order valence-corrected chi connectivity index (χ1v) is 2.94. The van der Waals surface area contributed by atoms with Crippen molar-refractivity contribution in [3.63, 3.8) is 0 Å². The third kappa shape index (κ3) is 3.19. The Morgan fingerprint density at radius 1 is 1.60 bits per heavy atom. The molecular formula is C6H10NO3. The molecule has 0 heterocycles. The van der Waals surface area contributed by atoms with Crippen LogP contribution in [-0.2, 0) is 9.59 Å². The lowest BCUT2D eigenvalue weighted by molar-refractivity contribution is -0.128. The van der Waals surface area contributed by atoms with Crippen LogP contribution in [0.5, 0.6) is 0 Å². The van der Waals surface area contributed by atoms with Gasteiger partial charge in [-0.25, -0.2) is 0 Å².